The molecule has 0 aromatic carbocycles. The molecule has 1 aromatic heterocycles. The van der Waals surface area contributed by atoms with Crippen LogP contribution in [0.2, 0.25) is 0 Å². The van der Waals surface area contributed by atoms with Gasteiger partial charge < -0.3 is 19.7 Å². The highest BCUT2D eigenvalue weighted by atomic mass is 16.5. The zero-order chi connectivity index (χ0) is 12.0. The summed E-state index contributed by atoms with van der Waals surface area (Å²) in [6.45, 7) is 2.05. The van der Waals surface area contributed by atoms with E-state index in [1.165, 1.54) is 7.11 Å². The average molecular weight is 228 g/mol. The first-order chi connectivity index (χ1) is 7.67. The second-order valence-electron chi connectivity index (χ2n) is 3.46. The molecule has 0 spiro atoms. The zero-order valence-corrected chi connectivity index (χ0v) is 9.40. The molecule has 1 unspecified atom stereocenters. The van der Waals surface area contributed by atoms with Crippen LogP contribution in [0.5, 0.6) is 0 Å². The number of hydrogen-bond acceptors (Lipinski definition) is 5. The van der Waals surface area contributed by atoms with Crippen LogP contribution in [0.1, 0.15) is 22.7 Å². The van der Waals surface area contributed by atoms with Gasteiger partial charge in [0.1, 0.15) is 5.76 Å². The third kappa shape index (κ3) is 3.63. The number of amides is 1. The van der Waals surface area contributed by atoms with Crippen molar-refractivity contribution in [2.24, 2.45) is 0 Å². The van der Waals surface area contributed by atoms with Gasteiger partial charge >= 0.3 is 0 Å². The van der Waals surface area contributed by atoms with Gasteiger partial charge in [0, 0.05) is 19.8 Å². The van der Waals surface area contributed by atoms with Crippen molar-refractivity contribution >= 4 is 5.91 Å². The quantitative estimate of drug-likeness (QED) is 0.722. The molecule has 0 saturated carbocycles. The lowest BCUT2D eigenvalue weighted by Gasteiger charge is -2.15. The molecule has 0 saturated heterocycles. The largest absolute Gasteiger partial charge is 0.396 e. The van der Waals surface area contributed by atoms with E-state index in [1.807, 2.05) is 0 Å². The van der Waals surface area contributed by atoms with Gasteiger partial charge in [-0.25, -0.2) is 0 Å². The van der Waals surface area contributed by atoms with E-state index in [9.17, 15) is 4.79 Å². The minimum absolute atomic E-state index is 0.00779. The van der Waals surface area contributed by atoms with Crippen molar-refractivity contribution in [3.63, 3.8) is 0 Å². The molecule has 6 nitrogen and oxygen atoms in total. The minimum atomic E-state index is -0.327. The van der Waals surface area contributed by atoms with E-state index in [0.29, 0.717) is 18.8 Å². The number of nitrogens with one attached hydrogen (secondary N) is 1. The van der Waals surface area contributed by atoms with Gasteiger partial charge in [0.05, 0.1) is 12.6 Å². The van der Waals surface area contributed by atoms with Crippen LogP contribution in [0.15, 0.2) is 10.6 Å². The Morgan fingerprint density at radius 2 is 2.50 bits per heavy atom. The molecule has 1 atom stereocenters. The summed E-state index contributed by atoms with van der Waals surface area (Å²) in [5.74, 6) is 0.253. The number of rotatable bonds is 6. The molecular weight excluding hydrogens is 212 g/mol. The summed E-state index contributed by atoms with van der Waals surface area (Å²) in [5, 5.41) is 15.1. The van der Waals surface area contributed by atoms with Gasteiger partial charge in [0.25, 0.3) is 5.91 Å². The van der Waals surface area contributed by atoms with Crippen molar-refractivity contribution in [2.75, 3.05) is 20.3 Å². The first-order valence-electron chi connectivity index (χ1n) is 5.01. The zero-order valence-electron chi connectivity index (χ0n) is 9.40. The number of aliphatic hydroxyl groups is 1. The number of methoxy groups -OCH3 is 1. The molecule has 0 radical (unpaired) electrons. The first-order valence-corrected chi connectivity index (χ1v) is 5.01. The molecule has 16 heavy (non-hydrogen) atoms. The average Bonchev–Trinajstić information content (AvgIpc) is 2.65. The lowest BCUT2D eigenvalue weighted by atomic mass is 10.2. The van der Waals surface area contributed by atoms with Crippen molar-refractivity contribution < 1.29 is 19.2 Å². The van der Waals surface area contributed by atoms with Crippen LogP contribution in [-0.2, 0) is 4.74 Å². The van der Waals surface area contributed by atoms with Crippen molar-refractivity contribution in [3.8, 4) is 0 Å². The van der Waals surface area contributed by atoms with Crippen LogP contribution in [0, 0.1) is 6.92 Å². The Morgan fingerprint density at radius 1 is 1.75 bits per heavy atom. The molecule has 0 aliphatic rings. The molecule has 0 aliphatic heterocycles. The number of carbonyl (C=O) groups is 1. The Bertz CT molecular complexity index is 331. The third-order valence-electron chi connectivity index (χ3n) is 2.04. The molecule has 0 bridgehead atoms. The fourth-order valence-electron chi connectivity index (χ4n) is 1.29. The van der Waals surface area contributed by atoms with Crippen LogP contribution in [0.3, 0.4) is 0 Å². The summed E-state index contributed by atoms with van der Waals surface area (Å²) < 4.78 is 9.72. The predicted molar refractivity (Wildman–Crippen MR) is 56.1 cm³/mol. The smallest absolute Gasteiger partial charge is 0.273 e. The number of nitrogens with zero attached hydrogens (tertiary/aromatic N) is 1. The number of aryl methyl sites for hydroxylation is 1. The fraction of sp³-hybridized carbons (Fsp3) is 0.600. The van der Waals surface area contributed by atoms with Gasteiger partial charge in [-0.2, -0.15) is 0 Å². The van der Waals surface area contributed by atoms with Gasteiger partial charge in [-0.05, 0) is 13.3 Å². The van der Waals surface area contributed by atoms with Gasteiger partial charge in [-0.3, -0.25) is 4.79 Å². The summed E-state index contributed by atoms with van der Waals surface area (Å²) in [6, 6.07) is 1.33. The van der Waals surface area contributed by atoms with Gasteiger partial charge in [0.2, 0.25) is 0 Å². The number of carbonyl (C=O) groups excluding carboxylic acids is 1. The Balaban J connectivity index is 2.54. The Labute approximate surface area is 93.6 Å². The maximum absolute atomic E-state index is 11.6. The number of aromatic nitrogens is 1. The van der Waals surface area contributed by atoms with Crippen molar-refractivity contribution in [3.05, 3.63) is 17.5 Å². The molecule has 2 N–H and O–H groups in total. The SMILES string of the molecule is COCC(CCO)NC(=O)c1cc(C)on1. The maximum Gasteiger partial charge on any atom is 0.273 e. The van der Waals surface area contributed by atoms with E-state index in [-0.39, 0.29) is 24.2 Å². The van der Waals surface area contributed by atoms with Crippen LogP contribution in [0.25, 0.3) is 0 Å². The standard InChI is InChI=1S/C10H16N2O4/c1-7-5-9(12-16-7)10(14)11-8(3-4-13)6-15-2/h5,8,13H,3-4,6H2,1-2H3,(H,11,14). The first kappa shape index (κ1) is 12.7. The summed E-state index contributed by atoms with van der Waals surface area (Å²) >= 11 is 0. The van der Waals surface area contributed by atoms with E-state index in [4.69, 9.17) is 14.4 Å². The normalized spacial score (nSPS) is 12.4. The number of ether oxygens (including phenoxy) is 1. The van der Waals surface area contributed by atoms with Crippen molar-refractivity contribution in [1.82, 2.24) is 10.5 Å². The molecule has 6 heteroatoms. The number of hydrogen-bond donors (Lipinski definition) is 2. The van der Waals surface area contributed by atoms with Crippen molar-refractivity contribution in [1.29, 1.82) is 0 Å². The van der Waals surface area contributed by atoms with Crippen LogP contribution in [-0.4, -0.2) is 42.5 Å². The minimum Gasteiger partial charge on any atom is -0.396 e. The molecule has 1 heterocycles. The van der Waals surface area contributed by atoms with E-state index < -0.39 is 0 Å². The molecule has 1 amide bonds. The topological polar surface area (TPSA) is 84.6 Å². The molecule has 0 fully saturated rings. The van der Waals surface area contributed by atoms with Gasteiger partial charge in [-0.15, -0.1) is 0 Å². The summed E-state index contributed by atoms with van der Waals surface area (Å²) in [7, 11) is 1.54. The molecule has 0 aliphatic carbocycles. The van der Waals surface area contributed by atoms with Gasteiger partial charge in [0.15, 0.2) is 5.69 Å². The molecule has 1 aromatic rings. The summed E-state index contributed by atoms with van der Waals surface area (Å²) in [6.07, 6.45) is 0.441. The van der Waals surface area contributed by atoms with E-state index in [0.717, 1.165) is 0 Å². The highest BCUT2D eigenvalue weighted by molar-refractivity contribution is 5.92. The molecular formula is C10H16N2O4. The fourth-order valence-corrected chi connectivity index (χ4v) is 1.29. The Kier molecular flexibility index (Phi) is 4.94. The monoisotopic (exact) mass is 228 g/mol. The molecule has 90 valence electrons. The lowest BCUT2D eigenvalue weighted by molar-refractivity contribution is 0.0870. The second-order valence-corrected chi connectivity index (χ2v) is 3.46. The van der Waals surface area contributed by atoms with E-state index in [1.54, 1.807) is 13.0 Å². The second kappa shape index (κ2) is 6.24. The van der Waals surface area contributed by atoms with Crippen molar-refractivity contribution in [2.45, 2.75) is 19.4 Å². The predicted octanol–water partition coefficient (Wildman–Crippen LogP) is 0.110. The Hall–Kier alpha value is -1.40. The van der Waals surface area contributed by atoms with Gasteiger partial charge in [-0.1, -0.05) is 5.16 Å². The van der Waals surface area contributed by atoms with E-state index >= 15 is 0 Å². The highest BCUT2D eigenvalue weighted by Gasteiger charge is 2.16. The van der Waals surface area contributed by atoms with Crippen LogP contribution >= 0.6 is 0 Å². The summed E-state index contributed by atoms with van der Waals surface area (Å²) in [4.78, 5) is 11.6. The highest BCUT2D eigenvalue weighted by Crippen LogP contribution is 2.02. The van der Waals surface area contributed by atoms with Crippen LogP contribution in [0.4, 0.5) is 0 Å². The maximum atomic E-state index is 11.6. The Morgan fingerprint density at radius 3 is 3.00 bits per heavy atom. The summed E-state index contributed by atoms with van der Waals surface area (Å²) in [5.41, 5.74) is 0.233. The number of aliphatic hydroxyl groups excluding tert-OH is 1. The molecule has 1 rings (SSSR count). The lowest BCUT2D eigenvalue weighted by Crippen LogP contribution is -2.38. The van der Waals surface area contributed by atoms with E-state index in [2.05, 4.69) is 10.5 Å². The third-order valence-corrected chi connectivity index (χ3v) is 2.04. The van der Waals surface area contributed by atoms with Crippen LogP contribution < -0.4 is 5.32 Å².